The third kappa shape index (κ3) is 2.21. The fraction of sp³-hybridized carbons (Fsp3) is 0.143. The van der Waals surface area contributed by atoms with Crippen molar-refractivity contribution in [3.8, 4) is 0 Å². The maximum Gasteiger partial charge on any atom is 0.197 e. The van der Waals surface area contributed by atoms with Crippen LogP contribution >= 0.6 is 23.2 Å². The summed E-state index contributed by atoms with van der Waals surface area (Å²) < 4.78 is 14.4. The van der Waals surface area contributed by atoms with Gasteiger partial charge in [-0.05, 0) is 0 Å². The van der Waals surface area contributed by atoms with Crippen molar-refractivity contribution in [1.29, 1.82) is 0 Å². The van der Waals surface area contributed by atoms with Crippen LogP contribution in [0.25, 0.3) is 0 Å². The van der Waals surface area contributed by atoms with E-state index in [1.54, 1.807) is 0 Å². The molecule has 0 saturated heterocycles. The van der Waals surface area contributed by atoms with Crippen LogP contribution in [0.4, 0.5) is 4.39 Å². The van der Waals surface area contributed by atoms with Crippen molar-refractivity contribution in [2.24, 2.45) is 0 Å². The summed E-state index contributed by atoms with van der Waals surface area (Å²) in [5.41, 5.74) is 0. The molecule has 0 aliphatic carbocycles. The summed E-state index contributed by atoms with van der Waals surface area (Å²) in [5.74, 6) is -0.544. The molecule has 0 saturated carbocycles. The highest BCUT2D eigenvalue weighted by Gasteiger charge is 2.11. The SMILES string of the molecule is Fc1c(Cl)nc(Cn2cncn2)nc1Cl. The zero-order valence-electron chi connectivity index (χ0n) is 7.23. The van der Waals surface area contributed by atoms with Gasteiger partial charge in [-0.15, -0.1) is 0 Å². The topological polar surface area (TPSA) is 56.5 Å². The molecule has 0 radical (unpaired) electrons. The number of halogens is 3. The summed E-state index contributed by atoms with van der Waals surface area (Å²) in [6, 6.07) is 0. The van der Waals surface area contributed by atoms with Gasteiger partial charge in [-0.2, -0.15) is 5.10 Å². The molecule has 2 heterocycles. The highest BCUT2D eigenvalue weighted by Crippen LogP contribution is 2.18. The first kappa shape index (κ1) is 10.3. The van der Waals surface area contributed by atoms with Gasteiger partial charge in [0.1, 0.15) is 19.2 Å². The van der Waals surface area contributed by atoms with Gasteiger partial charge in [0.2, 0.25) is 0 Å². The molecular formula is C7H4Cl2FN5. The average Bonchev–Trinajstić information content (AvgIpc) is 2.66. The summed E-state index contributed by atoms with van der Waals surface area (Å²) in [4.78, 5) is 11.2. The minimum Gasteiger partial charge on any atom is -0.245 e. The molecule has 0 atom stereocenters. The minimum atomic E-state index is -0.819. The van der Waals surface area contributed by atoms with Gasteiger partial charge in [0.05, 0.1) is 0 Å². The van der Waals surface area contributed by atoms with Crippen molar-refractivity contribution < 1.29 is 4.39 Å². The van der Waals surface area contributed by atoms with Crippen LogP contribution in [-0.4, -0.2) is 24.7 Å². The molecule has 0 aliphatic rings. The van der Waals surface area contributed by atoms with E-state index in [9.17, 15) is 4.39 Å². The third-order valence-electron chi connectivity index (χ3n) is 1.59. The smallest absolute Gasteiger partial charge is 0.197 e. The van der Waals surface area contributed by atoms with Crippen LogP contribution in [0.3, 0.4) is 0 Å². The predicted molar refractivity (Wildman–Crippen MR) is 51.1 cm³/mol. The molecule has 0 N–H and O–H groups in total. The third-order valence-corrected chi connectivity index (χ3v) is 2.09. The monoisotopic (exact) mass is 247 g/mol. The van der Waals surface area contributed by atoms with E-state index in [1.807, 2.05) is 0 Å². The van der Waals surface area contributed by atoms with Gasteiger partial charge in [-0.1, -0.05) is 23.2 Å². The van der Waals surface area contributed by atoms with Crippen LogP contribution in [0.5, 0.6) is 0 Å². The number of aromatic nitrogens is 5. The zero-order valence-corrected chi connectivity index (χ0v) is 8.74. The minimum absolute atomic E-state index is 0.236. The number of hydrogen-bond donors (Lipinski definition) is 0. The lowest BCUT2D eigenvalue weighted by molar-refractivity contribution is 0.597. The standard InChI is InChI=1S/C7H4Cl2FN5/c8-6-5(10)7(9)14-4(13-6)1-15-3-11-2-12-15/h2-3H,1H2. The van der Waals surface area contributed by atoms with E-state index in [1.165, 1.54) is 17.3 Å². The van der Waals surface area contributed by atoms with Crippen LogP contribution < -0.4 is 0 Å². The summed E-state index contributed by atoms with van der Waals surface area (Å²) in [6.07, 6.45) is 2.85. The zero-order chi connectivity index (χ0) is 10.8. The Morgan fingerprint density at radius 2 is 1.93 bits per heavy atom. The Labute approximate surface area is 93.9 Å². The lowest BCUT2D eigenvalue weighted by atomic mass is 10.5. The molecule has 0 bridgehead atoms. The predicted octanol–water partition coefficient (Wildman–Crippen LogP) is 1.56. The van der Waals surface area contributed by atoms with Gasteiger partial charge in [0.25, 0.3) is 0 Å². The molecular weight excluding hydrogens is 244 g/mol. The molecule has 8 heteroatoms. The fourth-order valence-corrected chi connectivity index (χ4v) is 1.39. The van der Waals surface area contributed by atoms with Crippen LogP contribution in [0.2, 0.25) is 10.3 Å². The second-order valence-corrected chi connectivity index (χ2v) is 3.34. The summed E-state index contributed by atoms with van der Waals surface area (Å²) in [6.45, 7) is 0.236. The normalized spacial score (nSPS) is 10.6. The first-order chi connectivity index (χ1) is 7.16. The van der Waals surface area contributed by atoms with Gasteiger partial charge in [-0.3, -0.25) is 0 Å². The lowest BCUT2D eigenvalue weighted by Gasteiger charge is -2.02. The van der Waals surface area contributed by atoms with Gasteiger partial charge in [0, 0.05) is 0 Å². The summed E-state index contributed by atoms with van der Waals surface area (Å²) in [5, 5.41) is 3.24. The Kier molecular flexibility index (Phi) is 2.79. The van der Waals surface area contributed by atoms with Crippen molar-refractivity contribution in [2.75, 3.05) is 0 Å². The van der Waals surface area contributed by atoms with Crippen molar-refractivity contribution in [3.63, 3.8) is 0 Å². The Balaban J connectivity index is 2.30. The quantitative estimate of drug-likeness (QED) is 0.757. The largest absolute Gasteiger partial charge is 0.245 e. The molecule has 0 aliphatic heterocycles. The van der Waals surface area contributed by atoms with E-state index in [-0.39, 0.29) is 22.7 Å². The molecule has 0 aromatic carbocycles. The van der Waals surface area contributed by atoms with Crippen LogP contribution in [-0.2, 0) is 6.54 Å². The van der Waals surface area contributed by atoms with Gasteiger partial charge in [0.15, 0.2) is 21.9 Å². The first-order valence-corrected chi connectivity index (χ1v) is 4.62. The average molecular weight is 248 g/mol. The fourth-order valence-electron chi connectivity index (χ4n) is 0.965. The number of nitrogens with zero attached hydrogens (tertiary/aromatic N) is 5. The van der Waals surface area contributed by atoms with Gasteiger partial charge in [-0.25, -0.2) is 24.0 Å². The molecule has 0 amide bonds. The van der Waals surface area contributed by atoms with E-state index in [2.05, 4.69) is 20.1 Å². The molecule has 78 valence electrons. The summed E-state index contributed by atoms with van der Waals surface area (Å²) >= 11 is 11.0. The number of rotatable bonds is 2. The van der Waals surface area contributed by atoms with Crippen molar-refractivity contribution in [1.82, 2.24) is 24.7 Å². The molecule has 15 heavy (non-hydrogen) atoms. The molecule has 2 aromatic heterocycles. The van der Waals surface area contributed by atoms with E-state index < -0.39 is 5.82 Å². The van der Waals surface area contributed by atoms with E-state index in [4.69, 9.17) is 23.2 Å². The highest BCUT2D eigenvalue weighted by molar-refractivity contribution is 6.33. The van der Waals surface area contributed by atoms with E-state index in [0.717, 1.165) is 0 Å². The van der Waals surface area contributed by atoms with Crippen molar-refractivity contribution in [2.45, 2.75) is 6.54 Å². The molecule has 2 aromatic rings. The van der Waals surface area contributed by atoms with Crippen LogP contribution in [0.1, 0.15) is 5.82 Å². The Morgan fingerprint density at radius 3 is 2.47 bits per heavy atom. The van der Waals surface area contributed by atoms with Crippen molar-refractivity contribution in [3.05, 3.63) is 34.6 Å². The van der Waals surface area contributed by atoms with Crippen LogP contribution in [0, 0.1) is 5.82 Å². The maximum atomic E-state index is 13.0. The second kappa shape index (κ2) is 4.08. The van der Waals surface area contributed by atoms with Crippen LogP contribution in [0.15, 0.2) is 12.7 Å². The van der Waals surface area contributed by atoms with Crippen molar-refractivity contribution >= 4 is 23.2 Å². The molecule has 0 spiro atoms. The molecule has 0 fully saturated rings. The Hall–Kier alpha value is -1.27. The lowest BCUT2D eigenvalue weighted by Crippen LogP contribution is -2.06. The highest BCUT2D eigenvalue weighted by atomic mass is 35.5. The molecule has 2 rings (SSSR count). The second-order valence-electron chi connectivity index (χ2n) is 2.63. The Morgan fingerprint density at radius 1 is 1.27 bits per heavy atom. The number of hydrogen-bond acceptors (Lipinski definition) is 4. The molecule has 0 unspecified atom stereocenters. The summed E-state index contributed by atoms with van der Waals surface area (Å²) in [7, 11) is 0. The Bertz CT molecular complexity index is 449. The van der Waals surface area contributed by atoms with Gasteiger partial charge >= 0.3 is 0 Å². The maximum absolute atomic E-state index is 13.0. The van der Waals surface area contributed by atoms with Gasteiger partial charge < -0.3 is 0 Å². The molecule has 5 nitrogen and oxygen atoms in total. The van der Waals surface area contributed by atoms with E-state index >= 15 is 0 Å². The van der Waals surface area contributed by atoms with E-state index in [0.29, 0.717) is 0 Å². The first-order valence-electron chi connectivity index (χ1n) is 3.86.